The van der Waals surface area contributed by atoms with Gasteiger partial charge in [0.1, 0.15) is 18.7 Å². The molecule has 1 aromatic heterocycles. The molecule has 0 spiro atoms. The number of aliphatic carboxylic acids is 2. The molecule has 3 N–H and O–H groups in total. The molecule has 0 aliphatic carbocycles. The lowest BCUT2D eigenvalue weighted by molar-refractivity contribution is -0.140. The Morgan fingerprint density at radius 3 is 2.10 bits per heavy atom. The molecule has 0 aliphatic rings. The second kappa shape index (κ2) is 5.95. The number of H-pyrrole nitrogens is 1. The molecule has 1 amide bonds. The second-order valence-corrected chi connectivity index (χ2v) is 4.09. The molecule has 108 valence electrons. The number of nitrogens with one attached hydrogen (secondary N) is 1. The first-order chi connectivity index (χ1) is 9.23. The van der Waals surface area contributed by atoms with Gasteiger partial charge >= 0.3 is 11.9 Å². The number of rotatable bonds is 5. The number of carbonyl (C=O) groups is 3. The molecule has 0 atom stereocenters. The smallest absolute Gasteiger partial charge is 0.323 e. The first kappa shape index (κ1) is 15.3. The standard InChI is InChI=1S/C11H13N3O6/c1-5-6(2)12-13-10(19)9(5)11(20)14(3-7(15)16)4-8(17)18/h3-4H2,1-2H3,(H,13,19)(H,15,16)(H,17,18). The van der Waals surface area contributed by atoms with Crippen molar-refractivity contribution in [2.75, 3.05) is 13.1 Å². The zero-order valence-electron chi connectivity index (χ0n) is 10.8. The summed E-state index contributed by atoms with van der Waals surface area (Å²) < 4.78 is 0. The molecule has 9 nitrogen and oxygen atoms in total. The van der Waals surface area contributed by atoms with Crippen LogP contribution in [0, 0.1) is 13.8 Å². The van der Waals surface area contributed by atoms with E-state index in [1.54, 1.807) is 6.92 Å². The Kier molecular flexibility index (Phi) is 4.57. The van der Waals surface area contributed by atoms with E-state index in [4.69, 9.17) is 10.2 Å². The van der Waals surface area contributed by atoms with Gasteiger partial charge in [-0.25, -0.2) is 5.10 Å². The van der Waals surface area contributed by atoms with Gasteiger partial charge in [-0.2, -0.15) is 5.10 Å². The van der Waals surface area contributed by atoms with Crippen molar-refractivity contribution >= 4 is 17.8 Å². The third-order valence-corrected chi connectivity index (χ3v) is 2.62. The molecule has 1 aromatic rings. The van der Waals surface area contributed by atoms with Gasteiger partial charge in [0, 0.05) is 0 Å². The molecule has 0 saturated heterocycles. The number of aromatic amines is 1. The molecule has 0 bridgehead atoms. The number of aryl methyl sites for hydroxylation is 1. The Morgan fingerprint density at radius 2 is 1.65 bits per heavy atom. The predicted octanol–water partition coefficient (Wildman–Crippen LogP) is -1.00. The lowest BCUT2D eigenvalue weighted by Gasteiger charge is -2.19. The third-order valence-electron chi connectivity index (χ3n) is 2.62. The molecule has 0 unspecified atom stereocenters. The van der Waals surface area contributed by atoms with Gasteiger partial charge in [0.2, 0.25) is 0 Å². The summed E-state index contributed by atoms with van der Waals surface area (Å²) in [4.78, 5) is 45.7. The lowest BCUT2D eigenvalue weighted by atomic mass is 10.1. The maximum Gasteiger partial charge on any atom is 0.323 e. The van der Waals surface area contributed by atoms with Crippen LogP contribution >= 0.6 is 0 Å². The van der Waals surface area contributed by atoms with E-state index in [9.17, 15) is 19.2 Å². The predicted molar refractivity (Wildman–Crippen MR) is 65.5 cm³/mol. The minimum Gasteiger partial charge on any atom is -0.480 e. The van der Waals surface area contributed by atoms with Crippen LogP contribution in [0.4, 0.5) is 0 Å². The highest BCUT2D eigenvalue weighted by molar-refractivity contribution is 5.98. The summed E-state index contributed by atoms with van der Waals surface area (Å²) in [6.07, 6.45) is 0. The maximum absolute atomic E-state index is 12.2. The van der Waals surface area contributed by atoms with Crippen LogP contribution in [0.3, 0.4) is 0 Å². The van der Waals surface area contributed by atoms with E-state index in [0.29, 0.717) is 10.6 Å². The second-order valence-electron chi connectivity index (χ2n) is 4.09. The van der Waals surface area contributed by atoms with Gasteiger partial charge in [-0.05, 0) is 19.4 Å². The Hall–Kier alpha value is -2.71. The molecule has 9 heteroatoms. The van der Waals surface area contributed by atoms with E-state index in [1.165, 1.54) is 6.92 Å². The van der Waals surface area contributed by atoms with Gasteiger partial charge in [-0.15, -0.1) is 0 Å². The Labute approximate surface area is 112 Å². The first-order valence-electron chi connectivity index (χ1n) is 5.52. The van der Waals surface area contributed by atoms with Crippen molar-refractivity contribution in [1.29, 1.82) is 0 Å². The summed E-state index contributed by atoms with van der Waals surface area (Å²) in [5.41, 5.74) is -0.433. The summed E-state index contributed by atoms with van der Waals surface area (Å²) in [5, 5.41) is 23.2. The normalized spacial score (nSPS) is 10.1. The van der Waals surface area contributed by atoms with Crippen molar-refractivity contribution in [2.45, 2.75) is 13.8 Å². The fourth-order valence-electron chi connectivity index (χ4n) is 1.57. The number of hydrogen-bond acceptors (Lipinski definition) is 5. The van der Waals surface area contributed by atoms with Crippen LogP contribution in [0.5, 0.6) is 0 Å². The first-order valence-corrected chi connectivity index (χ1v) is 5.52. The number of amides is 1. The Balaban J connectivity index is 3.25. The molecule has 1 rings (SSSR count). The SMILES string of the molecule is Cc1n[nH]c(=O)c(C(=O)N(CC(=O)O)CC(=O)O)c1C. The van der Waals surface area contributed by atoms with E-state index in [2.05, 4.69) is 10.2 Å². The summed E-state index contributed by atoms with van der Waals surface area (Å²) in [7, 11) is 0. The lowest BCUT2D eigenvalue weighted by Crippen LogP contribution is -2.42. The number of carboxylic acids is 2. The van der Waals surface area contributed by atoms with Crippen molar-refractivity contribution in [1.82, 2.24) is 15.1 Å². The number of carbonyl (C=O) groups excluding carboxylic acids is 1. The average Bonchev–Trinajstić information content (AvgIpc) is 2.32. The van der Waals surface area contributed by atoms with Gasteiger partial charge in [0.15, 0.2) is 0 Å². The quantitative estimate of drug-likeness (QED) is 0.629. The average molecular weight is 283 g/mol. The summed E-state index contributed by atoms with van der Waals surface area (Å²) in [6, 6.07) is 0. The number of aromatic nitrogens is 2. The van der Waals surface area contributed by atoms with Crippen LogP contribution in [-0.2, 0) is 9.59 Å². The van der Waals surface area contributed by atoms with Gasteiger partial charge in [0.25, 0.3) is 11.5 Å². The minimum absolute atomic E-state index is 0.277. The number of carboxylic acid groups (broad SMARTS) is 2. The molecule has 0 saturated carbocycles. The topological polar surface area (TPSA) is 141 Å². The molecule has 1 heterocycles. The Bertz CT molecular complexity index is 605. The zero-order valence-corrected chi connectivity index (χ0v) is 10.8. The zero-order chi connectivity index (χ0) is 15.4. The molecule has 0 aromatic carbocycles. The van der Waals surface area contributed by atoms with Gasteiger partial charge in [0.05, 0.1) is 5.69 Å². The van der Waals surface area contributed by atoms with Crippen LogP contribution in [-0.4, -0.2) is 56.2 Å². The fourth-order valence-corrected chi connectivity index (χ4v) is 1.57. The largest absolute Gasteiger partial charge is 0.480 e. The van der Waals surface area contributed by atoms with Crippen LogP contribution in [0.25, 0.3) is 0 Å². The Morgan fingerprint density at radius 1 is 1.15 bits per heavy atom. The minimum atomic E-state index is -1.38. The van der Waals surface area contributed by atoms with Crippen molar-refractivity contribution in [3.8, 4) is 0 Å². The molecule has 0 fully saturated rings. The van der Waals surface area contributed by atoms with Gasteiger partial charge in [-0.1, -0.05) is 0 Å². The van der Waals surface area contributed by atoms with Crippen molar-refractivity contribution < 1.29 is 24.6 Å². The number of nitrogens with zero attached hydrogens (tertiary/aromatic N) is 2. The highest BCUT2D eigenvalue weighted by Crippen LogP contribution is 2.08. The van der Waals surface area contributed by atoms with Gasteiger partial charge < -0.3 is 15.1 Å². The van der Waals surface area contributed by atoms with E-state index in [0.717, 1.165) is 0 Å². The van der Waals surface area contributed by atoms with Crippen LogP contribution in [0.2, 0.25) is 0 Å². The highest BCUT2D eigenvalue weighted by atomic mass is 16.4. The van der Waals surface area contributed by atoms with Gasteiger partial charge in [-0.3, -0.25) is 19.2 Å². The van der Waals surface area contributed by atoms with E-state index >= 15 is 0 Å². The summed E-state index contributed by atoms with van der Waals surface area (Å²) in [5.74, 6) is -3.71. The summed E-state index contributed by atoms with van der Waals surface area (Å²) in [6.45, 7) is 1.40. The van der Waals surface area contributed by atoms with Crippen molar-refractivity contribution in [3.63, 3.8) is 0 Å². The van der Waals surface area contributed by atoms with Crippen LogP contribution in [0.15, 0.2) is 4.79 Å². The highest BCUT2D eigenvalue weighted by Gasteiger charge is 2.25. The van der Waals surface area contributed by atoms with E-state index in [-0.39, 0.29) is 11.1 Å². The number of hydrogen-bond donors (Lipinski definition) is 3. The van der Waals surface area contributed by atoms with Crippen LogP contribution in [0.1, 0.15) is 21.6 Å². The molecule has 0 radical (unpaired) electrons. The molecular weight excluding hydrogens is 270 g/mol. The van der Waals surface area contributed by atoms with Crippen molar-refractivity contribution in [3.05, 3.63) is 27.2 Å². The van der Waals surface area contributed by atoms with E-state index < -0.39 is 36.5 Å². The molecule has 20 heavy (non-hydrogen) atoms. The van der Waals surface area contributed by atoms with Crippen molar-refractivity contribution in [2.24, 2.45) is 0 Å². The fraction of sp³-hybridized carbons (Fsp3) is 0.364. The monoisotopic (exact) mass is 283 g/mol. The maximum atomic E-state index is 12.2. The van der Waals surface area contributed by atoms with Crippen LogP contribution < -0.4 is 5.56 Å². The summed E-state index contributed by atoms with van der Waals surface area (Å²) >= 11 is 0. The molecule has 0 aliphatic heterocycles. The van der Waals surface area contributed by atoms with E-state index in [1.807, 2.05) is 0 Å². The molecular formula is C11H13N3O6. The third kappa shape index (κ3) is 3.40.